The smallest absolute Gasteiger partial charge is 0.240 e. The van der Waals surface area contributed by atoms with E-state index < -0.39 is 10.0 Å². The topological polar surface area (TPSA) is 93.0 Å². The molecule has 1 aromatic carbocycles. The number of nitrogens with one attached hydrogen (secondary N) is 1. The molecule has 0 aliphatic heterocycles. The Morgan fingerprint density at radius 2 is 1.88 bits per heavy atom. The second-order valence-corrected chi connectivity index (χ2v) is 7.28. The molecular weight excluding hydrogens is 340 g/mol. The van der Waals surface area contributed by atoms with Gasteiger partial charge >= 0.3 is 0 Å². The lowest BCUT2D eigenvalue weighted by molar-refractivity contribution is 0.580. The Labute approximate surface area is 146 Å². The molecule has 8 nitrogen and oxygen atoms in total. The van der Waals surface area contributed by atoms with Crippen molar-refractivity contribution in [2.75, 3.05) is 19.0 Å². The van der Waals surface area contributed by atoms with Gasteiger partial charge in [0, 0.05) is 32.7 Å². The minimum atomic E-state index is -3.63. The molecule has 3 rings (SSSR count). The zero-order valence-electron chi connectivity index (χ0n) is 13.9. The molecule has 0 spiro atoms. The molecule has 0 bridgehead atoms. The molecule has 25 heavy (non-hydrogen) atoms. The third-order valence-electron chi connectivity index (χ3n) is 3.46. The fourth-order valence-corrected chi connectivity index (χ4v) is 3.15. The average Bonchev–Trinajstić information content (AvgIpc) is 3.15. The molecule has 2 heterocycles. The molecule has 0 amide bonds. The number of rotatable bonds is 6. The third-order valence-corrected chi connectivity index (χ3v) is 4.88. The van der Waals surface area contributed by atoms with Crippen LogP contribution in [0.2, 0.25) is 0 Å². The lowest BCUT2D eigenvalue weighted by Crippen LogP contribution is -2.24. The fraction of sp³-hybridized carbons (Fsp3) is 0.188. The number of sulfonamides is 1. The summed E-state index contributed by atoms with van der Waals surface area (Å²) in [4.78, 5) is 10.3. The van der Waals surface area contributed by atoms with Crippen molar-refractivity contribution in [1.82, 2.24) is 24.5 Å². The number of hydrogen-bond donors (Lipinski definition) is 1. The lowest BCUT2D eigenvalue weighted by atomic mass is 10.3. The summed E-state index contributed by atoms with van der Waals surface area (Å²) in [5.41, 5.74) is 1.38. The van der Waals surface area contributed by atoms with E-state index in [2.05, 4.69) is 19.8 Å². The highest BCUT2D eigenvalue weighted by Crippen LogP contribution is 2.13. The van der Waals surface area contributed by atoms with E-state index in [1.54, 1.807) is 64.6 Å². The van der Waals surface area contributed by atoms with E-state index in [4.69, 9.17) is 0 Å². The van der Waals surface area contributed by atoms with Gasteiger partial charge in [-0.3, -0.25) is 0 Å². The first-order valence-corrected chi connectivity index (χ1v) is 9.03. The lowest BCUT2D eigenvalue weighted by Gasteiger charge is -2.11. The van der Waals surface area contributed by atoms with Crippen LogP contribution >= 0.6 is 0 Å². The molecule has 0 saturated carbocycles. The van der Waals surface area contributed by atoms with E-state index in [1.807, 2.05) is 14.1 Å². The highest BCUT2D eigenvalue weighted by Gasteiger charge is 2.14. The van der Waals surface area contributed by atoms with E-state index in [-0.39, 0.29) is 11.4 Å². The summed E-state index contributed by atoms with van der Waals surface area (Å²) in [6.07, 6.45) is 5.06. The van der Waals surface area contributed by atoms with Gasteiger partial charge in [-0.05, 0) is 36.4 Å². The van der Waals surface area contributed by atoms with Crippen LogP contribution in [0.25, 0.3) is 5.69 Å². The maximum absolute atomic E-state index is 12.4. The zero-order chi connectivity index (χ0) is 17.9. The van der Waals surface area contributed by atoms with Gasteiger partial charge in [-0.15, -0.1) is 0 Å². The van der Waals surface area contributed by atoms with Gasteiger partial charge < -0.3 is 4.90 Å². The molecule has 0 atom stereocenters. The average molecular weight is 358 g/mol. The second kappa shape index (κ2) is 6.99. The molecule has 1 N–H and O–H groups in total. The molecule has 0 radical (unpaired) electrons. The van der Waals surface area contributed by atoms with Gasteiger partial charge in [-0.25, -0.2) is 27.8 Å². The molecule has 0 saturated heterocycles. The first kappa shape index (κ1) is 17.1. The van der Waals surface area contributed by atoms with Gasteiger partial charge in [0.1, 0.15) is 0 Å². The summed E-state index contributed by atoms with van der Waals surface area (Å²) >= 11 is 0. The summed E-state index contributed by atoms with van der Waals surface area (Å²) in [6, 6.07) is 9.98. The third kappa shape index (κ3) is 4.01. The molecule has 2 aromatic heterocycles. The van der Waals surface area contributed by atoms with Crippen molar-refractivity contribution < 1.29 is 8.42 Å². The number of nitrogens with zero attached hydrogens (tertiary/aromatic N) is 5. The highest BCUT2D eigenvalue weighted by molar-refractivity contribution is 7.89. The Hall–Kier alpha value is -2.78. The van der Waals surface area contributed by atoms with Crippen LogP contribution in [0.4, 0.5) is 5.95 Å². The fourth-order valence-electron chi connectivity index (χ4n) is 2.15. The van der Waals surface area contributed by atoms with E-state index in [9.17, 15) is 8.42 Å². The predicted octanol–water partition coefficient (Wildman–Crippen LogP) is 1.21. The van der Waals surface area contributed by atoms with Gasteiger partial charge in [0.25, 0.3) is 0 Å². The van der Waals surface area contributed by atoms with Gasteiger partial charge in [-0.2, -0.15) is 5.10 Å². The normalized spacial score (nSPS) is 11.4. The molecule has 0 aliphatic rings. The van der Waals surface area contributed by atoms with Gasteiger partial charge in [0.05, 0.1) is 22.8 Å². The first-order valence-electron chi connectivity index (χ1n) is 7.55. The first-order chi connectivity index (χ1) is 12.0. The van der Waals surface area contributed by atoms with E-state index >= 15 is 0 Å². The Bertz CT molecular complexity index is 937. The summed E-state index contributed by atoms with van der Waals surface area (Å²) < 4.78 is 29.1. The summed E-state index contributed by atoms with van der Waals surface area (Å²) in [5, 5.41) is 4.11. The number of hydrogen-bond acceptors (Lipinski definition) is 6. The van der Waals surface area contributed by atoms with Crippen LogP contribution in [0.15, 0.2) is 59.9 Å². The Morgan fingerprint density at radius 3 is 2.52 bits per heavy atom. The van der Waals surface area contributed by atoms with Crippen LogP contribution in [0.1, 0.15) is 5.69 Å². The Morgan fingerprint density at radius 1 is 1.12 bits per heavy atom. The van der Waals surface area contributed by atoms with E-state index in [0.29, 0.717) is 11.6 Å². The van der Waals surface area contributed by atoms with Gasteiger partial charge in [0.15, 0.2) is 0 Å². The number of benzene rings is 1. The van der Waals surface area contributed by atoms with Crippen molar-refractivity contribution >= 4 is 16.0 Å². The van der Waals surface area contributed by atoms with Crippen molar-refractivity contribution in [2.24, 2.45) is 0 Å². The predicted molar refractivity (Wildman–Crippen MR) is 93.9 cm³/mol. The second-order valence-electron chi connectivity index (χ2n) is 5.51. The molecule has 130 valence electrons. The maximum Gasteiger partial charge on any atom is 0.240 e. The minimum Gasteiger partial charge on any atom is -0.347 e. The molecule has 9 heteroatoms. The number of anilines is 1. The van der Waals surface area contributed by atoms with Crippen LogP contribution in [-0.4, -0.2) is 42.3 Å². The molecular formula is C16H18N6O2S. The Kier molecular flexibility index (Phi) is 4.77. The van der Waals surface area contributed by atoms with Crippen molar-refractivity contribution in [3.63, 3.8) is 0 Å². The van der Waals surface area contributed by atoms with Crippen molar-refractivity contribution in [2.45, 2.75) is 11.4 Å². The van der Waals surface area contributed by atoms with Gasteiger partial charge in [-0.1, -0.05) is 0 Å². The SMILES string of the molecule is CN(C)c1nccc(CNS(=O)(=O)c2ccc(-n3cccn3)cc2)n1. The molecule has 3 aromatic rings. The zero-order valence-corrected chi connectivity index (χ0v) is 14.7. The summed E-state index contributed by atoms with van der Waals surface area (Å²) in [6.45, 7) is 0.0899. The van der Waals surface area contributed by atoms with Crippen molar-refractivity contribution in [3.05, 3.63) is 60.7 Å². The van der Waals surface area contributed by atoms with E-state index in [1.165, 1.54) is 0 Å². The van der Waals surface area contributed by atoms with Crippen LogP contribution < -0.4 is 9.62 Å². The van der Waals surface area contributed by atoms with Gasteiger partial charge in [0.2, 0.25) is 16.0 Å². The van der Waals surface area contributed by atoms with Crippen LogP contribution in [-0.2, 0) is 16.6 Å². The quantitative estimate of drug-likeness (QED) is 0.712. The summed E-state index contributed by atoms with van der Waals surface area (Å²) in [5.74, 6) is 0.528. The highest BCUT2D eigenvalue weighted by atomic mass is 32.2. The van der Waals surface area contributed by atoms with Crippen LogP contribution in [0.5, 0.6) is 0 Å². The van der Waals surface area contributed by atoms with Crippen LogP contribution in [0, 0.1) is 0 Å². The maximum atomic E-state index is 12.4. The summed E-state index contributed by atoms with van der Waals surface area (Å²) in [7, 11) is 0.0169. The number of aromatic nitrogens is 4. The monoisotopic (exact) mass is 358 g/mol. The van der Waals surface area contributed by atoms with Crippen LogP contribution in [0.3, 0.4) is 0 Å². The van der Waals surface area contributed by atoms with Crippen molar-refractivity contribution in [3.8, 4) is 5.69 Å². The Balaban J connectivity index is 1.72. The van der Waals surface area contributed by atoms with E-state index in [0.717, 1.165) is 5.69 Å². The molecule has 0 aliphatic carbocycles. The minimum absolute atomic E-state index is 0.0899. The largest absolute Gasteiger partial charge is 0.347 e. The van der Waals surface area contributed by atoms with Crippen molar-refractivity contribution in [1.29, 1.82) is 0 Å². The molecule has 0 unspecified atom stereocenters. The standard InChI is InChI=1S/C16H18N6O2S/c1-21(2)16-17-10-8-13(20-16)12-19-25(23,24)15-6-4-14(5-7-15)22-11-3-9-18-22/h3-11,19H,12H2,1-2H3. The molecule has 0 fully saturated rings.